The van der Waals surface area contributed by atoms with Crippen molar-refractivity contribution in [3.8, 4) is 5.69 Å². The van der Waals surface area contributed by atoms with Crippen LogP contribution in [0.25, 0.3) is 29.0 Å². The predicted octanol–water partition coefficient (Wildman–Crippen LogP) is 0.962. The second kappa shape index (κ2) is 6.13. The lowest BCUT2D eigenvalue weighted by Crippen LogP contribution is -2.50. The minimum absolute atomic E-state index is 0.190. The van der Waals surface area contributed by atoms with E-state index in [0.717, 1.165) is 33.0 Å². The van der Waals surface area contributed by atoms with Gasteiger partial charge in [0.05, 0.1) is 7.05 Å². The van der Waals surface area contributed by atoms with Gasteiger partial charge in [-0.15, -0.1) is 0 Å². The highest BCUT2D eigenvalue weighted by atomic mass is 16.3. The standard InChI is InChI=1S/C22H22BN4O/c1-15-10-11-18-19-13-25(3)23(12-20(19)28-22(18)24-15)21-14-27(16(2)26(21)4)17-8-6-5-7-9-17/h5-14H,1-4H3/q+1/i2D3. The van der Waals surface area contributed by atoms with Crippen molar-refractivity contribution in [2.45, 2.75) is 13.8 Å². The number of benzene rings is 1. The third-order valence-electron chi connectivity index (χ3n) is 5.37. The van der Waals surface area contributed by atoms with E-state index in [1.807, 2.05) is 74.8 Å². The maximum Gasteiger partial charge on any atom is 0.371 e. The molecule has 0 bridgehead atoms. The largest absolute Gasteiger partial charge is 0.439 e. The quantitative estimate of drug-likeness (QED) is 0.389. The first-order valence-corrected chi connectivity index (χ1v) is 9.23. The summed E-state index contributed by atoms with van der Waals surface area (Å²) in [6.07, 6.45) is 3.94. The number of aromatic nitrogens is 3. The molecule has 0 N–H and O–H groups in total. The van der Waals surface area contributed by atoms with Gasteiger partial charge in [0, 0.05) is 27.3 Å². The molecule has 28 heavy (non-hydrogen) atoms. The third-order valence-corrected chi connectivity index (χ3v) is 5.37. The molecule has 4 heterocycles. The Hall–Kier alpha value is -3.28. The van der Waals surface area contributed by atoms with Crippen LogP contribution in [-0.2, 0) is 7.05 Å². The fourth-order valence-electron chi connectivity index (χ4n) is 3.83. The topological polar surface area (TPSA) is 38.1 Å². The van der Waals surface area contributed by atoms with Crippen LogP contribution in [0.4, 0.5) is 0 Å². The van der Waals surface area contributed by atoms with Gasteiger partial charge in [-0.05, 0) is 50.4 Å². The maximum atomic E-state index is 8.13. The number of hydrogen-bond donors (Lipinski definition) is 0. The Kier molecular flexibility index (Phi) is 3.02. The number of hydrogen-bond acceptors (Lipinski definition) is 3. The highest BCUT2D eigenvalue weighted by Crippen LogP contribution is 2.10. The average Bonchev–Trinajstić information content (AvgIpc) is 3.24. The molecule has 5 rings (SSSR count). The van der Waals surface area contributed by atoms with E-state index in [1.54, 1.807) is 16.2 Å². The molecule has 0 radical (unpaired) electrons. The van der Waals surface area contributed by atoms with Crippen molar-refractivity contribution in [2.24, 2.45) is 7.05 Å². The van der Waals surface area contributed by atoms with Gasteiger partial charge in [0.25, 0.3) is 5.82 Å². The van der Waals surface area contributed by atoms with Gasteiger partial charge in [0.1, 0.15) is 22.9 Å². The molecule has 0 aliphatic carbocycles. The molecule has 0 saturated carbocycles. The second-order valence-corrected chi connectivity index (χ2v) is 7.23. The molecule has 0 fully saturated rings. The molecule has 3 aromatic heterocycles. The van der Waals surface area contributed by atoms with Crippen molar-refractivity contribution in [1.82, 2.24) is 14.4 Å². The first-order valence-electron chi connectivity index (χ1n) is 10.7. The van der Waals surface area contributed by atoms with Crippen LogP contribution in [0.15, 0.2) is 53.1 Å². The summed E-state index contributed by atoms with van der Waals surface area (Å²) in [5.74, 6) is 2.28. The van der Waals surface area contributed by atoms with Crippen LogP contribution < -0.4 is 20.8 Å². The van der Waals surface area contributed by atoms with Crippen LogP contribution >= 0.6 is 0 Å². The lowest BCUT2D eigenvalue weighted by atomic mass is 9.56. The van der Waals surface area contributed by atoms with Crippen molar-refractivity contribution in [3.63, 3.8) is 0 Å². The Morgan fingerprint density at radius 1 is 1.14 bits per heavy atom. The smallest absolute Gasteiger partial charge is 0.371 e. The van der Waals surface area contributed by atoms with Crippen molar-refractivity contribution >= 4 is 35.7 Å². The van der Waals surface area contributed by atoms with Crippen LogP contribution in [0.5, 0.6) is 0 Å². The molecular weight excluding hydrogens is 347 g/mol. The van der Waals surface area contributed by atoms with Crippen molar-refractivity contribution in [2.75, 3.05) is 7.05 Å². The molecule has 0 atom stereocenters. The summed E-state index contributed by atoms with van der Waals surface area (Å²) >= 11 is 0. The van der Waals surface area contributed by atoms with Gasteiger partial charge in [-0.1, -0.05) is 18.2 Å². The van der Waals surface area contributed by atoms with E-state index in [2.05, 4.69) is 9.79 Å². The Bertz CT molecular complexity index is 1420. The lowest BCUT2D eigenvalue weighted by Gasteiger charge is -2.20. The summed E-state index contributed by atoms with van der Waals surface area (Å²) in [5, 5.41) is 1.96. The van der Waals surface area contributed by atoms with E-state index in [1.165, 1.54) is 0 Å². The summed E-state index contributed by atoms with van der Waals surface area (Å²) in [6.45, 7) is -0.525. The Balaban J connectivity index is 1.72. The van der Waals surface area contributed by atoms with Gasteiger partial charge in [-0.3, -0.25) is 0 Å². The number of imidazole rings is 1. The van der Waals surface area contributed by atoms with Gasteiger partial charge >= 0.3 is 6.85 Å². The van der Waals surface area contributed by atoms with Gasteiger partial charge in [-0.25, -0.2) is 14.1 Å². The third kappa shape index (κ3) is 2.48. The highest BCUT2D eigenvalue weighted by Gasteiger charge is 2.32. The molecule has 5 nitrogen and oxygen atoms in total. The number of aryl methyl sites for hydroxylation is 1. The van der Waals surface area contributed by atoms with Crippen molar-refractivity contribution in [3.05, 3.63) is 70.8 Å². The summed E-state index contributed by atoms with van der Waals surface area (Å²) in [6, 6.07) is 13.5. The summed E-state index contributed by atoms with van der Waals surface area (Å²) in [7, 11) is 3.79. The molecule has 6 heteroatoms. The number of furan rings is 1. The zero-order valence-corrected chi connectivity index (χ0v) is 16.0. The Morgan fingerprint density at radius 3 is 2.75 bits per heavy atom. The molecule has 1 aliphatic rings. The monoisotopic (exact) mass is 372 g/mol. The number of rotatable bonds is 2. The van der Waals surface area contributed by atoms with E-state index < -0.39 is 6.85 Å². The Morgan fingerprint density at radius 2 is 1.96 bits per heavy atom. The van der Waals surface area contributed by atoms with E-state index in [-0.39, 0.29) is 12.7 Å². The number of para-hydroxylation sites is 1. The molecule has 1 aliphatic heterocycles. The first-order chi connectivity index (χ1) is 14.7. The zero-order valence-electron chi connectivity index (χ0n) is 19.0. The minimum atomic E-state index is -2.27. The SMILES string of the molecule is [2H]C([2H])([2H])c1n(C)c(B2C=c3oc4nc(C)ccc4c3=CN2C)c[n+]1-c1ccccc1. The second-order valence-electron chi connectivity index (χ2n) is 7.23. The van der Waals surface area contributed by atoms with Gasteiger partial charge in [0.2, 0.25) is 5.71 Å². The average molecular weight is 372 g/mol. The highest BCUT2D eigenvalue weighted by molar-refractivity contribution is 6.83. The van der Waals surface area contributed by atoms with Crippen molar-refractivity contribution in [1.29, 1.82) is 0 Å². The normalized spacial score (nSPS) is 15.5. The van der Waals surface area contributed by atoms with Gasteiger partial charge < -0.3 is 9.23 Å². The molecule has 1 aromatic carbocycles. The van der Waals surface area contributed by atoms with E-state index in [0.29, 0.717) is 5.71 Å². The Labute approximate surface area is 168 Å². The number of fused-ring (bicyclic) bond motifs is 3. The minimum Gasteiger partial charge on any atom is -0.439 e. The molecule has 0 amide bonds. The molecular formula is C22H22BN4O+. The summed E-state index contributed by atoms with van der Waals surface area (Å²) in [4.78, 5) is 6.58. The first kappa shape index (κ1) is 13.8. The molecule has 0 unspecified atom stereocenters. The van der Waals surface area contributed by atoms with Crippen molar-refractivity contribution < 1.29 is 13.1 Å². The summed E-state index contributed by atoms with van der Waals surface area (Å²) < 4.78 is 33.9. The van der Waals surface area contributed by atoms with E-state index in [4.69, 9.17) is 8.53 Å². The molecule has 0 saturated heterocycles. The maximum absolute atomic E-state index is 8.13. The number of nitrogens with zero attached hydrogens (tertiary/aromatic N) is 4. The molecule has 138 valence electrons. The fourth-order valence-corrected chi connectivity index (χ4v) is 3.83. The lowest BCUT2D eigenvalue weighted by molar-refractivity contribution is -0.601. The van der Waals surface area contributed by atoms with E-state index >= 15 is 0 Å². The number of pyridine rings is 1. The summed E-state index contributed by atoms with van der Waals surface area (Å²) in [5.41, 5.74) is 3.92. The van der Waals surface area contributed by atoms with Crippen LogP contribution in [0.3, 0.4) is 0 Å². The fraction of sp³-hybridized carbons (Fsp3) is 0.182. The van der Waals surface area contributed by atoms with E-state index in [9.17, 15) is 0 Å². The molecule has 0 spiro atoms. The predicted molar refractivity (Wildman–Crippen MR) is 112 cm³/mol. The molecule has 4 aromatic rings. The van der Waals surface area contributed by atoms with Gasteiger partial charge in [0.15, 0.2) is 0 Å². The van der Waals surface area contributed by atoms with Gasteiger partial charge in [-0.2, -0.15) is 0 Å². The van der Waals surface area contributed by atoms with Crippen LogP contribution in [0, 0.1) is 13.8 Å². The zero-order chi connectivity index (χ0) is 21.9. The van der Waals surface area contributed by atoms with Crippen LogP contribution in [0.1, 0.15) is 15.6 Å². The van der Waals surface area contributed by atoms with Crippen LogP contribution in [0.2, 0.25) is 0 Å². The van der Waals surface area contributed by atoms with Crippen LogP contribution in [-0.4, -0.2) is 28.3 Å².